The number of aliphatic hydroxyl groups is 1. The van der Waals surface area contributed by atoms with E-state index in [4.69, 9.17) is 9.84 Å². The molecule has 3 nitrogen and oxygen atoms in total. The number of nitrogens with one attached hydrogen (secondary N) is 1. The predicted octanol–water partition coefficient (Wildman–Crippen LogP) is 0.134. The van der Waals surface area contributed by atoms with Crippen LogP contribution in [0.25, 0.3) is 0 Å². The van der Waals surface area contributed by atoms with Gasteiger partial charge in [-0.25, -0.2) is 0 Å². The fourth-order valence-electron chi connectivity index (χ4n) is 1.26. The molecule has 0 aromatic carbocycles. The number of hydrogen-bond donors (Lipinski definition) is 2. The van der Waals surface area contributed by atoms with Gasteiger partial charge in [0, 0.05) is 19.7 Å². The topological polar surface area (TPSA) is 41.5 Å². The predicted molar refractivity (Wildman–Crippen MR) is 43.5 cm³/mol. The molecular formula is C8H17NO2. The van der Waals surface area contributed by atoms with Crippen LogP contribution in [0.2, 0.25) is 0 Å². The van der Waals surface area contributed by atoms with Crippen LogP contribution in [0.5, 0.6) is 0 Å². The van der Waals surface area contributed by atoms with Gasteiger partial charge in [0.05, 0.1) is 12.2 Å². The molecule has 0 aliphatic heterocycles. The van der Waals surface area contributed by atoms with Crippen LogP contribution < -0.4 is 5.32 Å². The molecule has 3 heteroatoms. The lowest BCUT2D eigenvalue weighted by atomic mass is 9.89. The smallest absolute Gasteiger partial charge is 0.0636 e. The minimum absolute atomic E-state index is 0.239. The number of ether oxygens (including phenoxy) is 1. The third-order valence-corrected chi connectivity index (χ3v) is 2.13. The fourth-order valence-corrected chi connectivity index (χ4v) is 1.26. The minimum atomic E-state index is -0.239. The summed E-state index contributed by atoms with van der Waals surface area (Å²) in [6, 6.07) is 0.564. The Kier molecular flexibility index (Phi) is 3.30. The van der Waals surface area contributed by atoms with E-state index in [-0.39, 0.29) is 6.10 Å². The molecule has 1 saturated carbocycles. The molecule has 0 saturated heterocycles. The lowest BCUT2D eigenvalue weighted by molar-refractivity contribution is 0.0144. The summed E-state index contributed by atoms with van der Waals surface area (Å²) < 4.78 is 5.12. The van der Waals surface area contributed by atoms with Crippen LogP contribution in [0.4, 0.5) is 0 Å². The highest BCUT2D eigenvalue weighted by molar-refractivity contribution is 4.85. The first kappa shape index (κ1) is 8.97. The van der Waals surface area contributed by atoms with Crippen molar-refractivity contribution in [3.8, 4) is 0 Å². The molecule has 0 amide bonds. The first-order valence-corrected chi connectivity index (χ1v) is 4.16. The van der Waals surface area contributed by atoms with Crippen molar-refractivity contribution in [2.75, 3.05) is 13.7 Å². The van der Waals surface area contributed by atoms with Gasteiger partial charge in [-0.15, -0.1) is 0 Å². The van der Waals surface area contributed by atoms with Crippen LogP contribution in [0.3, 0.4) is 0 Å². The second kappa shape index (κ2) is 4.04. The van der Waals surface area contributed by atoms with E-state index >= 15 is 0 Å². The van der Waals surface area contributed by atoms with Crippen molar-refractivity contribution < 1.29 is 9.84 Å². The molecule has 0 aromatic rings. The summed E-state index contributed by atoms with van der Waals surface area (Å²) in [5.74, 6) is 0. The van der Waals surface area contributed by atoms with Gasteiger partial charge in [-0.05, 0) is 19.8 Å². The van der Waals surface area contributed by atoms with Gasteiger partial charge in [-0.2, -0.15) is 0 Å². The zero-order valence-corrected chi connectivity index (χ0v) is 7.21. The van der Waals surface area contributed by atoms with Gasteiger partial charge < -0.3 is 15.2 Å². The van der Waals surface area contributed by atoms with Crippen molar-refractivity contribution in [3.63, 3.8) is 0 Å². The molecule has 11 heavy (non-hydrogen) atoms. The number of hydrogen-bond acceptors (Lipinski definition) is 3. The Morgan fingerprint density at radius 3 is 2.73 bits per heavy atom. The Bertz CT molecular complexity index is 111. The Hall–Kier alpha value is -0.120. The van der Waals surface area contributed by atoms with Gasteiger partial charge >= 0.3 is 0 Å². The molecule has 2 N–H and O–H groups in total. The molecule has 0 bridgehead atoms. The lowest BCUT2D eigenvalue weighted by Gasteiger charge is -2.35. The highest BCUT2D eigenvalue weighted by Gasteiger charge is 2.28. The Morgan fingerprint density at radius 2 is 2.27 bits per heavy atom. The molecule has 0 spiro atoms. The number of aliphatic hydroxyl groups excluding tert-OH is 1. The zero-order valence-electron chi connectivity index (χ0n) is 7.21. The van der Waals surface area contributed by atoms with E-state index in [1.165, 1.54) is 0 Å². The van der Waals surface area contributed by atoms with E-state index in [1.54, 1.807) is 14.0 Å². The molecule has 0 heterocycles. The van der Waals surface area contributed by atoms with Crippen LogP contribution in [0, 0.1) is 0 Å². The highest BCUT2D eigenvalue weighted by atomic mass is 16.5. The molecule has 66 valence electrons. The zero-order chi connectivity index (χ0) is 8.27. The maximum absolute atomic E-state index is 8.95. The van der Waals surface area contributed by atoms with Crippen molar-refractivity contribution in [1.29, 1.82) is 0 Å². The van der Waals surface area contributed by atoms with E-state index in [0.717, 1.165) is 12.8 Å². The van der Waals surface area contributed by atoms with E-state index in [2.05, 4.69) is 5.32 Å². The van der Waals surface area contributed by atoms with Gasteiger partial charge in [-0.1, -0.05) is 0 Å². The standard InChI is InChI=1S/C8H17NO2/c1-6(10)5-9-7-3-8(4-7)11-2/h6-10H,3-5H2,1-2H3. The van der Waals surface area contributed by atoms with E-state index in [0.29, 0.717) is 18.7 Å². The monoisotopic (exact) mass is 159 g/mol. The van der Waals surface area contributed by atoms with Crippen molar-refractivity contribution >= 4 is 0 Å². The third-order valence-electron chi connectivity index (χ3n) is 2.13. The van der Waals surface area contributed by atoms with Crippen LogP contribution >= 0.6 is 0 Å². The Balaban J connectivity index is 1.96. The van der Waals surface area contributed by atoms with Crippen molar-refractivity contribution in [3.05, 3.63) is 0 Å². The van der Waals surface area contributed by atoms with Crippen LogP contribution in [0.1, 0.15) is 19.8 Å². The van der Waals surface area contributed by atoms with E-state index < -0.39 is 0 Å². The molecule has 1 aliphatic rings. The summed E-state index contributed by atoms with van der Waals surface area (Å²) in [7, 11) is 1.75. The van der Waals surface area contributed by atoms with Crippen molar-refractivity contribution in [1.82, 2.24) is 5.32 Å². The molecule has 1 rings (SSSR count). The second-order valence-electron chi connectivity index (χ2n) is 3.28. The molecular weight excluding hydrogens is 142 g/mol. The summed E-state index contributed by atoms with van der Waals surface area (Å²) >= 11 is 0. The SMILES string of the molecule is COC1CC(NCC(C)O)C1. The molecule has 0 radical (unpaired) electrons. The van der Waals surface area contributed by atoms with Gasteiger partial charge in [-0.3, -0.25) is 0 Å². The molecule has 1 fully saturated rings. The lowest BCUT2D eigenvalue weighted by Crippen LogP contribution is -2.46. The van der Waals surface area contributed by atoms with Gasteiger partial charge in [0.15, 0.2) is 0 Å². The highest BCUT2D eigenvalue weighted by Crippen LogP contribution is 2.22. The fraction of sp³-hybridized carbons (Fsp3) is 1.00. The van der Waals surface area contributed by atoms with Crippen LogP contribution in [-0.4, -0.2) is 37.0 Å². The molecule has 1 atom stereocenters. The summed E-state index contributed by atoms with van der Waals surface area (Å²) in [6.07, 6.45) is 2.38. The second-order valence-corrected chi connectivity index (χ2v) is 3.28. The first-order chi connectivity index (χ1) is 5.22. The maximum atomic E-state index is 8.95. The largest absolute Gasteiger partial charge is 0.392 e. The molecule has 1 aliphatic carbocycles. The van der Waals surface area contributed by atoms with Crippen LogP contribution in [0.15, 0.2) is 0 Å². The normalized spacial score (nSPS) is 33.0. The van der Waals surface area contributed by atoms with Crippen molar-refractivity contribution in [2.45, 2.75) is 38.0 Å². The summed E-state index contributed by atoms with van der Waals surface area (Å²) in [5, 5.41) is 12.2. The maximum Gasteiger partial charge on any atom is 0.0636 e. The minimum Gasteiger partial charge on any atom is -0.392 e. The van der Waals surface area contributed by atoms with Crippen LogP contribution in [-0.2, 0) is 4.74 Å². The third kappa shape index (κ3) is 2.77. The van der Waals surface area contributed by atoms with Gasteiger partial charge in [0.25, 0.3) is 0 Å². The van der Waals surface area contributed by atoms with Gasteiger partial charge in [0.2, 0.25) is 0 Å². The molecule has 0 aromatic heterocycles. The van der Waals surface area contributed by atoms with Crippen molar-refractivity contribution in [2.24, 2.45) is 0 Å². The summed E-state index contributed by atoms with van der Waals surface area (Å²) in [5.41, 5.74) is 0. The summed E-state index contributed by atoms with van der Waals surface area (Å²) in [4.78, 5) is 0. The quantitative estimate of drug-likeness (QED) is 0.613. The number of rotatable bonds is 4. The summed E-state index contributed by atoms with van der Waals surface area (Å²) in [6.45, 7) is 2.49. The van der Waals surface area contributed by atoms with Gasteiger partial charge in [0.1, 0.15) is 0 Å². The van der Waals surface area contributed by atoms with E-state index in [9.17, 15) is 0 Å². The van der Waals surface area contributed by atoms with E-state index in [1.807, 2.05) is 0 Å². The Labute approximate surface area is 67.7 Å². The Morgan fingerprint density at radius 1 is 1.64 bits per heavy atom. The molecule has 1 unspecified atom stereocenters. The first-order valence-electron chi connectivity index (χ1n) is 4.16. The average Bonchev–Trinajstić information content (AvgIpc) is 1.84. The number of methoxy groups -OCH3 is 1. The average molecular weight is 159 g/mol.